The fourth-order valence-electron chi connectivity index (χ4n) is 1.46. The number of nitrogens with one attached hydrogen (secondary N) is 1. The molecule has 0 atom stereocenters. The molecule has 6 heteroatoms. The minimum atomic E-state index is -0.0399. The first kappa shape index (κ1) is 14.2. The van der Waals surface area contributed by atoms with Crippen molar-refractivity contribution in [3.8, 4) is 6.01 Å². The van der Waals surface area contributed by atoms with Gasteiger partial charge in [0.05, 0.1) is 13.3 Å². The van der Waals surface area contributed by atoms with Gasteiger partial charge in [0.1, 0.15) is 5.69 Å². The molecule has 1 N–H and O–H groups in total. The number of anilines is 2. The third-order valence-corrected chi connectivity index (χ3v) is 2.22. The van der Waals surface area contributed by atoms with Crippen LogP contribution in [0.1, 0.15) is 20.3 Å². The summed E-state index contributed by atoms with van der Waals surface area (Å²) < 4.78 is 4.97. The predicted molar refractivity (Wildman–Crippen MR) is 71.0 cm³/mol. The van der Waals surface area contributed by atoms with Crippen molar-refractivity contribution in [3.05, 3.63) is 6.20 Å². The fourth-order valence-corrected chi connectivity index (χ4v) is 1.46. The molecule has 0 radical (unpaired) electrons. The molecule has 0 aliphatic rings. The fraction of sp³-hybridized carbons (Fsp3) is 0.583. The molecule has 0 spiro atoms. The zero-order valence-corrected chi connectivity index (χ0v) is 11.5. The zero-order chi connectivity index (χ0) is 13.7. The molecule has 6 nitrogen and oxygen atoms in total. The van der Waals surface area contributed by atoms with Gasteiger partial charge in [0.2, 0.25) is 5.91 Å². The molecule has 0 saturated carbocycles. The number of rotatable bonds is 5. The maximum absolute atomic E-state index is 11.7. The summed E-state index contributed by atoms with van der Waals surface area (Å²) in [6.45, 7) is 3.99. The van der Waals surface area contributed by atoms with E-state index >= 15 is 0 Å². The number of hydrogen-bond acceptors (Lipinski definition) is 5. The molecule has 0 unspecified atom stereocenters. The lowest BCUT2D eigenvalue weighted by Crippen LogP contribution is -2.19. The topological polar surface area (TPSA) is 67.3 Å². The number of hydrogen-bond donors (Lipinski definition) is 1. The predicted octanol–water partition coefficient (Wildman–Crippen LogP) is 1.54. The summed E-state index contributed by atoms with van der Waals surface area (Å²) in [5.41, 5.74) is 0.589. The molecule has 100 valence electrons. The Balaban J connectivity index is 2.91. The monoisotopic (exact) mass is 252 g/mol. The third kappa shape index (κ3) is 3.87. The van der Waals surface area contributed by atoms with Crippen LogP contribution in [0.2, 0.25) is 0 Å². The van der Waals surface area contributed by atoms with Crippen LogP contribution in [-0.2, 0) is 4.79 Å². The molecule has 1 aromatic rings. The van der Waals surface area contributed by atoms with Crippen LogP contribution in [-0.4, -0.2) is 37.1 Å². The highest BCUT2D eigenvalue weighted by Gasteiger charge is 2.13. The van der Waals surface area contributed by atoms with Crippen LogP contribution < -0.4 is 15.0 Å². The Morgan fingerprint density at radius 2 is 2.17 bits per heavy atom. The van der Waals surface area contributed by atoms with Crippen molar-refractivity contribution in [2.75, 3.05) is 31.4 Å². The molecule has 0 aliphatic carbocycles. The summed E-state index contributed by atoms with van der Waals surface area (Å²) >= 11 is 0. The van der Waals surface area contributed by atoms with Crippen LogP contribution in [0.15, 0.2) is 6.20 Å². The first-order valence-electron chi connectivity index (χ1n) is 5.82. The third-order valence-electron chi connectivity index (χ3n) is 2.22. The average Bonchev–Trinajstić information content (AvgIpc) is 2.28. The SMILES string of the molecule is COc1ncc(NC(=O)CC(C)C)c(N(C)C)n1. The van der Waals surface area contributed by atoms with Crippen LogP contribution >= 0.6 is 0 Å². The van der Waals surface area contributed by atoms with Gasteiger partial charge in [-0.05, 0) is 5.92 Å². The first-order valence-corrected chi connectivity index (χ1v) is 5.82. The number of methoxy groups -OCH3 is 1. The van der Waals surface area contributed by atoms with Crippen molar-refractivity contribution in [2.24, 2.45) is 5.92 Å². The number of carbonyl (C=O) groups is 1. The van der Waals surface area contributed by atoms with Gasteiger partial charge in [0.25, 0.3) is 0 Å². The summed E-state index contributed by atoms with van der Waals surface area (Å²) in [5.74, 6) is 0.896. The largest absolute Gasteiger partial charge is 0.467 e. The highest BCUT2D eigenvalue weighted by molar-refractivity contribution is 5.93. The Morgan fingerprint density at radius 3 is 2.67 bits per heavy atom. The van der Waals surface area contributed by atoms with Gasteiger partial charge in [-0.1, -0.05) is 13.8 Å². The second-order valence-corrected chi connectivity index (χ2v) is 4.63. The molecule has 1 aromatic heterocycles. The van der Waals surface area contributed by atoms with Crippen LogP contribution in [0.4, 0.5) is 11.5 Å². The lowest BCUT2D eigenvalue weighted by molar-refractivity contribution is -0.116. The van der Waals surface area contributed by atoms with E-state index in [-0.39, 0.29) is 11.9 Å². The van der Waals surface area contributed by atoms with Crippen LogP contribution in [0.3, 0.4) is 0 Å². The quantitative estimate of drug-likeness (QED) is 0.861. The first-order chi connectivity index (χ1) is 8.43. The second-order valence-electron chi connectivity index (χ2n) is 4.63. The molecule has 1 amide bonds. The summed E-state index contributed by atoms with van der Waals surface area (Å²) in [6, 6.07) is 0.278. The number of ether oxygens (including phenoxy) is 1. The molecule has 18 heavy (non-hydrogen) atoms. The Labute approximate surface area is 107 Å². The number of nitrogens with zero attached hydrogens (tertiary/aromatic N) is 3. The lowest BCUT2D eigenvalue weighted by atomic mass is 10.1. The van der Waals surface area contributed by atoms with Crippen LogP contribution in [0.5, 0.6) is 6.01 Å². The van der Waals surface area contributed by atoms with Crippen molar-refractivity contribution in [1.82, 2.24) is 9.97 Å². The molecule has 0 bridgehead atoms. The van der Waals surface area contributed by atoms with Crippen molar-refractivity contribution in [1.29, 1.82) is 0 Å². The Morgan fingerprint density at radius 1 is 1.50 bits per heavy atom. The summed E-state index contributed by atoms with van der Waals surface area (Å²) in [5, 5.41) is 2.81. The number of aromatic nitrogens is 2. The van der Waals surface area contributed by atoms with Crippen LogP contribution in [0, 0.1) is 5.92 Å². The molecule has 1 heterocycles. The highest BCUT2D eigenvalue weighted by Crippen LogP contribution is 2.23. The van der Waals surface area contributed by atoms with Gasteiger partial charge < -0.3 is 15.0 Å². The number of carbonyl (C=O) groups excluding carboxylic acids is 1. The summed E-state index contributed by atoms with van der Waals surface area (Å²) in [7, 11) is 5.20. The summed E-state index contributed by atoms with van der Waals surface area (Å²) in [6.07, 6.45) is 2.03. The van der Waals surface area contributed by atoms with Gasteiger partial charge in [-0.25, -0.2) is 4.98 Å². The Bertz CT molecular complexity index is 419. The molecular formula is C12H20N4O2. The molecule has 1 rings (SSSR count). The van der Waals surface area contributed by atoms with Gasteiger partial charge in [-0.15, -0.1) is 0 Å². The normalized spacial score (nSPS) is 10.3. The zero-order valence-electron chi connectivity index (χ0n) is 11.5. The standard InChI is InChI=1S/C12H20N4O2/c1-8(2)6-10(17)14-9-7-13-12(18-5)15-11(9)16(3)4/h7-8H,6H2,1-5H3,(H,14,17). The van der Waals surface area contributed by atoms with Gasteiger partial charge >= 0.3 is 6.01 Å². The molecule has 0 fully saturated rings. The molecule has 0 saturated heterocycles. The van der Waals surface area contributed by atoms with E-state index in [1.165, 1.54) is 7.11 Å². The maximum atomic E-state index is 11.7. The minimum absolute atomic E-state index is 0.0399. The van der Waals surface area contributed by atoms with E-state index in [1.807, 2.05) is 27.9 Å². The van der Waals surface area contributed by atoms with E-state index in [0.717, 1.165) is 0 Å². The van der Waals surface area contributed by atoms with Gasteiger partial charge in [0, 0.05) is 20.5 Å². The molecule has 0 aromatic carbocycles. The molecule has 0 aliphatic heterocycles. The highest BCUT2D eigenvalue weighted by atomic mass is 16.5. The van der Waals surface area contributed by atoms with Crippen molar-refractivity contribution < 1.29 is 9.53 Å². The Hall–Kier alpha value is -1.85. The second kappa shape index (κ2) is 6.18. The van der Waals surface area contributed by atoms with Crippen LogP contribution in [0.25, 0.3) is 0 Å². The Kier molecular flexibility index (Phi) is 4.88. The van der Waals surface area contributed by atoms with E-state index in [0.29, 0.717) is 23.8 Å². The van der Waals surface area contributed by atoms with Crippen molar-refractivity contribution in [2.45, 2.75) is 20.3 Å². The maximum Gasteiger partial charge on any atom is 0.318 e. The van der Waals surface area contributed by atoms with Gasteiger partial charge in [-0.2, -0.15) is 4.98 Å². The lowest BCUT2D eigenvalue weighted by Gasteiger charge is -2.17. The number of amides is 1. The van der Waals surface area contributed by atoms with Crippen molar-refractivity contribution >= 4 is 17.4 Å². The van der Waals surface area contributed by atoms with Crippen molar-refractivity contribution in [3.63, 3.8) is 0 Å². The van der Waals surface area contributed by atoms with Gasteiger partial charge in [-0.3, -0.25) is 4.79 Å². The smallest absolute Gasteiger partial charge is 0.318 e. The van der Waals surface area contributed by atoms with E-state index in [1.54, 1.807) is 11.1 Å². The van der Waals surface area contributed by atoms with E-state index in [2.05, 4.69) is 15.3 Å². The van der Waals surface area contributed by atoms with E-state index in [9.17, 15) is 4.79 Å². The summed E-state index contributed by atoms with van der Waals surface area (Å²) in [4.78, 5) is 21.7. The minimum Gasteiger partial charge on any atom is -0.467 e. The van der Waals surface area contributed by atoms with E-state index in [4.69, 9.17) is 4.74 Å². The average molecular weight is 252 g/mol. The van der Waals surface area contributed by atoms with E-state index < -0.39 is 0 Å². The van der Waals surface area contributed by atoms with Gasteiger partial charge in [0.15, 0.2) is 5.82 Å². The molecular weight excluding hydrogens is 232 g/mol.